The molecular formula is C11H12Cl2N2O2. The molecule has 1 rings (SSSR count). The van der Waals surface area contributed by atoms with Crippen LogP contribution in [0.4, 0.5) is 5.69 Å². The van der Waals surface area contributed by atoms with Crippen molar-refractivity contribution in [2.24, 2.45) is 0 Å². The average molecular weight is 275 g/mol. The zero-order valence-corrected chi connectivity index (χ0v) is 10.8. The molecule has 0 bridgehead atoms. The monoisotopic (exact) mass is 274 g/mol. The number of hydrogen-bond acceptors (Lipinski definition) is 2. The molecule has 2 amide bonds. The Morgan fingerprint density at radius 1 is 1.41 bits per heavy atom. The van der Waals surface area contributed by atoms with E-state index in [1.54, 1.807) is 24.3 Å². The van der Waals surface area contributed by atoms with Crippen LogP contribution >= 0.6 is 23.2 Å². The quantitative estimate of drug-likeness (QED) is 0.854. The fraction of sp³-hybridized carbons (Fsp3) is 0.273. The van der Waals surface area contributed by atoms with Gasteiger partial charge >= 0.3 is 0 Å². The van der Waals surface area contributed by atoms with E-state index in [-0.39, 0.29) is 24.2 Å². The number of halogens is 2. The maximum atomic E-state index is 11.6. The highest BCUT2D eigenvalue weighted by Gasteiger charge is 2.11. The van der Waals surface area contributed by atoms with Crippen LogP contribution in [0.25, 0.3) is 0 Å². The summed E-state index contributed by atoms with van der Waals surface area (Å²) in [6.07, 6.45) is 0. The molecule has 0 heterocycles. The van der Waals surface area contributed by atoms with E-state index >= 15 is 0 Å². The summed E-state index contributed by atoms with van der Waals surface area (Å²) >= 11 is 11.1. The summed E-state index contributed by atoms with van der Waals surface area (Å²) in [4.78, 5) is 24.0. The zero-order chi connectivity index (χ0) is 12.8. The number of benzene rings is 1. The van der Waals surface area contributed by atoms with Gasteiger partial charge in [-0.2, -0.15) is 0 Å². The molecule has 6 heteroatoms. The first-order valence-corrected chi connectivity index (χ1v) is 5.79. The summed E-state index contributed by atoms with van der Waals surface area (Å²) < 4.78 is 0. The third-order valence-electron chi connectivity index (χ3n) is 2.03. The van der Waals surface area contributed by atoms with Crippen LogP contribution in [0.3, 0.4) is 0 Å². The van der Waals surface area contributed by atoms with Crippen molar-refractivity contribution in [3.8, 4) is 0 Å². The van der Waals surface area contributed by atoms with Crippen LogP contribution in [-0.4, -0.2) is 36.2 Å². The molecule has 92 valence electrons. The number of carbonyl (C=O) groups is 2. The maximum Gasteiger partial charge on any atom is 0.243 e. The van der Waals surface area contributed by atoms with Crippen LogP contribution in [-0.2, 0) is 9.59 Å². The molecule has 17 heavy (non-hydrogen) atoms. The van der Waals surface area contributed by atoms with Gasteiger partial charge in [0, 0.05) is 17.8 Å². The largest absolute Gasteiger partial charge is 0.335 e. The molecule has 0 unspecified atom stereocenters. The number of nitrogens with one attached hydrogen (secondary N) is 1. The Hall–Kier alpha value is -1.26. The second-order valence-corrected chi connectivity index (χ2v) is 4.15. The Bertz CT molecular complexity index is 424. The van der Waals surface area contributed by atoms with Gasteiger partial charge in [0.1, 0.15) is 5.88 Å². The lowest BCUT2D eigenvalue weighted by Gasteiger charge is -2.15. The molecule has 0 aliphatic heterocycles. The van der Waals surface area contributed by atoms with Crippen LogP contribution in [0.1, 0.15) is 0 Å². The number of carbonyl (C=O) groups excluding carboxylic acids is 2. The van der Waals surface area contributed by atoms with Crippen LogP contribution in [0.15, 0.2) is 24.3 Å². The lowest BCUT2D eigenvalue weighted by molar-refractivity contribution is -0.131. The first kappa shape index (κ1) is 13.8. The maximum absolute atomic E-state index is 11.6. The highest BCUT2D eigenvalue weighted by atomic mass is 35.5. The van der Waals surface area contributed by atoms with Gasteiger partial charge in [-0.1, -0.05) is 17.7 Å². The van der Waals surface area contributed by atoms with Crippen molar-refractivity contribution in [3.63, 3.8) is 0 Å². The zero-order valence-electron chi connectivity index (χ0n) is 9.24. The summed E-state index contributed by atoms with van der Waals surface area (Å²) in [5, 5.41) is 3.17. The van der Waals surface area contributed by atoms with Gasteiger partial charge in [0.25, 0.3) is 0 Å². The Morgan fingerprint density at radius 3 is 2.71 bits per heavy atom. The van der Waals surface area contributed by atoms with Crippen LogP contribution < -0.4 is 5.32 Å². The minimum absolute atomic E-state index is 0.0436. The van der Waals surface area contributed by atoms with Gasteiger partial charge in [-0.05, 0) is 18.2 Å². The Morgan fingerprint density at radius 2 is 2.12 bits per heavy atom. The van der Waals surface area contributed by atoms with Crippen LogP contribution in [0, 0.1) is 0 Å². The molecule has 0 aromatic heterocycles. The molecule has 0 saturated heterocycles. The van der Waals surface area contributed by atoms with Crippen LogP contribution in [0.2, 0.25) is 5.02 Å². The molecule has 0 spiro atoms. The second-order valence-electron chi connectivity index (χ2n) is 3.44. The van der Waals surface area contributed by atoms with Gasteiger partial charge in [0.2, 0.25) is 11.8 Å². The molecule has 4 nitrogen and oxygen atoms in total. The number of anilines is 1. The van der Waals surface area contributed by atoms with E-state index in [0.717, 1.165) is 0 Å². The SMILES string of the molecule is CN(CC(=O)Nc1cccc(Cl)c1)C(=O)CCl. The van der Waals surface area contributed by atoms with Gasteiger partial charge in [0.15, 0.2) is 0 Å². The van der Waals surface area contributed by atoms with Crippen molar-refractivity contribution in [2.45, 2.75) is 0 Å². The van der Waals surface area contributed by atoms with E-state index in [2.05, 4.69) is 5.32 Å². The summed E-state index contributed by atoms with van der Waals surface area (Å²) in [5.74, 6) is -0.734. The van der Waals surface area contributed by atoms with Gasteiger partial charge in [0.05, 0.1) is 6.54 Å². The predicted molar refractivity (Wildman–Crippen MR) is 68.4 cm³/mol. The highest BCUT2D eigenvalue weighted by Crippen LogP contribution is 2.14. The first-order valence-electron chi connectivity index (χ1n) is 4.88. The lowest BCUT2D eigenvalue weighted by Crippen LogP contribution is -2.35. The molecule has 0 saturated carbocycles. The molecular weight excluding hydrogens is 263 g/mol. The fourth-order valence-electron chi connectivity index (χ4n) is 1.17. The summed E-state index contributed by atoms with van der Waals surface area (Å²) in [6, 6.07) is 6.78. The Balaban J connectivity index is 2.53. The van der Waals surface area contributed by atoms with Crippen molar-refractivity contribution >= 4 is 40.7 Å². The van der Waals surface area contributed by atoms with Crippen molar-refractivity contribution in [1.82, 2.24) is 4.90 Å². The summed E-state index contributed by atoms with van der Waals surface area (Å²) in [6.45, 7) is -0.0436. The number of hydrogen-bond donors (Lipinski definition) is 1. The van der Waals surface area contributed by atoms with Gasteiger partial charge < -0.3 is 10.2 Å². The van der Waals surface area contributed by atoms with E-state index in [0.29, 0.717) is 10.7 Å². The minimum atomic E-state index is -0.298. The molecule has 0 atom stereocenters. The molecule has 1 aromatic carbocycles. The standard InChI is InChI=1S/C11H12Cl2N2O2/c1-15(11(17)6-12)7-10(16)14-9-4-2-3-8(13)5-9/h2-5H,6-7H2,1H3,(H,14,16). The van der Waals surface area contributed by atoms with E-state index in [4.69, 9.17) is 23.2 Å². The number of likely N-dealkylation sites (N-methyl/N-ethyl adjacent to an activating group) is 1. The first-order chi connectivity index (χ1) is 8.02. The highest BCUT2D eigenvalue weighted by molar-refractivity contribution is 6.31. The molecule has 0 fully saturated rings. The van der Waals surface area contributed by atoms with Crippen molar-refractivity contribution in [1.29, 1.82) is 0 Å². The number of alkyl halides is 1. The normalized spacial score (nSPS) is 9.82. The fourth-order valence-corrected chi connectivity index (χ4v) is 1.57. The number of nitrogens with zero attached hydrogens (tertiary/aromatic N) is 1. The number of rotatable bonds is 4. The third-order valence-corrected chi connectivity index (χ3v) is 2.49. The summed E-state index contributed by atoms with van der Waals surface area (Å²) in [5.41, 5.74) is 0.592. The Labute approximate surface area is 109 Å². The minimum Gasteiger partial charge on any atom is -0.335 e. The Kier molecular flexibility index (Phi) is 5.25. The molecule has 0 aliphatic rings. The van der Waals surface area contributed by atoms with Crippen molar-refractivity contribution < 1.29 is 9.59 Å². The smallest absolute Gasteiger partial charge is 0.243 e. The van der Waals surface area contributed by atoms with E-state index in [9.17, 15) is 9.59 Å². The predicted octanol–water partition coefficient (Wildman–Crippen LogP) is 1.98. The third kappa shape index (κ3) is 4.63. The topological polar surface area (TPSA) is 49.4 Å². The van der Waals surface area contributed by atoms with Gasteiger partial charge in [-0.15, -0.1) is 11.6 Å². The van der Waals surface area contributed by atoms with Crippen molar-refractivity contribution in [2.75, 3.05) is 24.8 Å². The van der Waals surface area contributed by atoms with Gasteiger partial charge in [-0.25, -0.2) is 0 Å². The molecule has 0 aliphatic carbocycles. The van der Waals surface area contributed by atoms with Gasteiger partial charge in [-0.3, -0.25) is 9.59 Å². The van der Waals surface area contributed by atoms with Crippen LogP contribution in [0.5, 0.6) is 0 Å². The molecule has 1 N–H and O–H groups in total. The number of amides is 2. The molecule has 1 aromatic rings. The van der Waals surface area contributed by atoms with Crippen molar-refractivity contribution in [3.05, 3.63) is 29.3 Å². The van der Waals surface area contributed by atoms with E-state index in [1.807, 2.05) is 0 Å². The lowest BCUT2D eigenvalue weighted by atomic mass is 10.3. The van der Waals surface area contributed by atoms with E-state index < -0.39 is 0 Å². The summed E-state index contributed by atoms with van der Waals surface area (Å²) in [7, 11) is 1.52. The second kappa shape index (κ2) is 6.47. The van der Waals surface area contributed by atoms with E-state index in [1.165, 1.54) is 11.9 Å². The average Bonchev–Trinajstić information content (AvgIpc) is 2.27. The molecule has 0 radical (unpaired) electrons.